The fraction of sp³-hybridized carbons (Fsp3) is 0.148. The number of para-hydroxylation sites is 1. The second-order valence-electron chi connectivity index (χ2n) is 7.86. The van der Waals surface area contributed by atoms with Crippen LogP contribution in [0.25, 0.3) is 6.08 Å². The minimum Gasteiger partial charge on any atom is -0.485 e. The zero-order chi connectivity index (χ0) is 23.2. The van der Waals surface area contributed by atoms with E-state index in [2.05, 4.69) is 15.6 Å². The Hall–Kier alpha value is -4.19. The number of aromatic nitrogens is 1. The van der Waals surface area contributed by atoms with Crippen molar-refractivity contribution in [2.75, 3.05) is 0 Å². The van der Waals surface area contributed by atoms with Gasteiger partial charge in [0.2, 0.25) is 0 Å². The van der Waals surface area contributed by atoms with Crippen LogP contribution in [0, 0.1) is 6.92 Å². The lowest BCUT2D eigenvalue weighted by Gasteiger charge is -2.23. The SMILES string of the molecule is Cc1ccc(C(=O)N/C(=C/C2=Cc3ccccc3O[C@@H]2C)C(=O)NCc2cccnc2)cc1. The van der Waals surface area contributed by atoms with E-state index in [1.165, 1.54) is 0 Å². The third-order valence-corrected chi connectivity index (χ3v) is 5.31. The van der Waals surface area contributed by atoms with Crippen molar-refractivity contribution in [3.63, 3.8) is 0 Å². The normalized spacial score (nSPS) is 15.0. The number of carbonyl (C=O) groups is 2. The Bertz CT molecular complexity index is 1210. The summed E-state index contributed by atoms with van der Waals surface area (Å²) in [5.41, 5.74) is 4.22. The van der Waals surface area contributed by atoms with Crippen LogP contribution in [-0.2, 0) is 11.3 Å². The smallest absolute Gasteiger partial charge is 0.268 e. The number of hydrogen-bond acceptors (Lipinski definition) is 4. The molecule has 2 amide bonds. The van der Waals surface area contributed by atoms with Crippen LogP contribution < -0.4 is 15.4 Å². The maximum Gasteiger partial charge on any atom is 0.268 e. The lowest BCUT2D eigenvalue weighted by Crippen LogP contribution is -2.35. The first-order valence-electron chi connectivity index (χ1n) is 10.7. The molecule has 3 aromatic rings. The standard InChI is InChI=1S/C27H25N3O3/c1-18-9-11-21(12-10-18)26(31)30-24(27(32)29-17-20-6-5-13-28-16-20)15-23-14-22-7-3-4-8-25(22)33-19(23)2/h3-16,19H,17H2,1-2H3,(H,29,32)(H,30,31)/b24-15+/t19-/m1/s1. The Labute approximate surface area is 193 Å². The first kappa shape index (κ1) is 22.0. The predicted molar refractivity (Wildman–Crippen MR) is 127 cm³/mol. The molecule has 0 fully saturated rings. The van der Waals surface area contributed by atoms with E-state index < -0.39 is 5.91 Å². The molecule has 0 spiro atoms. The van der Waals surface area contributed by atoms with Crippen molar-refractivity contribution in [2.24, 2.45) is 0 Å². The van der Waals surface area contributed by atoms with Crippen LogP contribution in [-0.4, -0.2) is 22.9 Å². The number of nitrogens with one attached hydrogen (secondary N) is 2. The molecule has 1 aromatic heterocycles. The Balaban J connectivity index is 1.61. The minimum absolute atomic E-state index is 0.144. The molecule has 4 rings (SSSR count). The molecule has 1 aliphatic heterocycles. The van der Waals surface area contributed by atoms with Gasteiger partial charge in [0, 0.05) is 30.1 Å². The van der Waals surface area contributed by atoms with Crippen LogP contribution in [0.1, 0.15) is 34.0 Å². The molecule has 0 radical (unpaired) electrons. The highest BCUT2D eigenvalue weighted by Crippen LogP contribution is 2.30. The van der Waals surface area contributed by atoms with Crippen molar-refractivity contribution < 1.29 is 14.3 Å². The van der Waals surface area contributed by atoms with Gasteiger partial charge in [-0.25, -0.2) is 0 Å². The third-order valence-electron chi connectivity index (χ3n) is 5.31. The topological polar surface area (TPSA) is 80.3 Å². The molecule has 1 atom stereocenters. The quantitative estimate of drug-likeness (QED) is 0.565. The first-order valence-corrected chi connectivity index (χ1v) is 10.7. The van der Waals surface area contributed by atoms with Gasteiger partial charge in [-0.1, -0.05) is 42.0 Å². The Morgan fingerprint density at radius 2 is 1.85 bits per heavy atom. The number of amides is 2. The van der Waals surface area contributed by atoms with E-state index in [4.69, 9.17) is 4.74 Å². The lowest BCUT2D eigenvalue weighted by atomic mass is 10.0. The fourth-order valence-corrected chi connectivity index (χ4v) is 3.43. The average molecular weight is 440 g/mol. The summed E-state index contributed by atoms with van der Waals surface area (Å²) < 4.78 is 5.99. The van der Waals surface area contributed by atoms with E-state index in [1.807, 2.05) is 62.4 Å². The van der Waals surface area contributed by atoms with Gasteiger partial charge in [0.1, 0.15) is 17.6 Å². The number of rotatable bonds is 6. The number of ether oxygens (including phenoxy) is 1. The molecule has 6 heteroatoms. The number of aryl methyl sites for hydroxylation is 1. The van der Waals surface area contributed by atoms with E-state index in [9.17, 15) is 9.59 Å². The molecule has 0 saturated carbocycles. The summed E-state index contributed by atoms with van der Waals surface area (Å²) in [7, 11) is 0. The van der Waals surface area contributed by atoms with Crippen LogP contribution in [0.3, 0.4) is 0 Å². The predicted octanol–water partition coefficient (Wildman–Crippen LogP) is 4.18. The third kappa shape index (κ3) is 5.54. The first-order chi connectivity index (χ1) is 16.0. The molecule has 166 valence electrons. The Morgan fingerprint density at radius 1 is 1.06 bits per heavy atom. The summed E-state index contributed by atoms with van der Waals surface area (Å²) >= 11 is 0. The van der Waals surface area contributed by atoms with Gasteiger partial charge in [0.05, 0.1) is 0 Å². The summed E-state index contributed by atoms with van der Waals surface area (Å²) in [5, 5.41) is 5.64. The molecule has 1 aliphatic rings. The highest BCUT2D eigenvalue weighted by atomic mass is 16.5. The Kier molecular flexibility index (Phi) is 6.64. The van der Waals surface area contributed by atoms with Crippen molar-refractivity contribution >= 4 is 17.9 Å². The number of hydrogen-bond donors (Lipinski definition) is 2. The largest absolute Gasteiger partial charge is 0.485 e. The van der Waals surface area contributed by atoms with Gasteiger partial charge in [-0.05, 0) is 61.4 Å². The molecule has 0 unspecified atom stereocenters. The molecular weight excluding hydrogens is 414 g/mol. The summed E-state index contributed by atoms with van der Waals surface area (Å²) in [6, 6.07) is 18.6. The number of nitrogens with zero attached hydrogens (tertiary/aromatic N) is 1. The van der Waals surface area contributed by atoms with Crippen molar-refractivity contribution in [2.45, 2.75) is 26.5 Å². The van der Waals surface area contributed by atoms with Crippen molar-refractivity contribution in [1.29, 1.82) is 0 Å². The zero-order valence-corrected chi connectivity index (χ0v) is 18.5. The second kappa shape index (κ2) is 9.96. The number of fused-ring (bicyclic) bond motifs is 1. The summed E-state index contributed by atoms with van der Waals surface area (Å²) in [4.78, 5) is 30.0. The van der Waals surface area contributed by atoms with Gasteiger partial charge in [-0.3, -0.25) is 14.6 Å². The van der Waals surface area contributed by atoms with Gasteiger partial charge >= 0.3 is 0 Å². The highest BCUT2D eigenvalue weighted by Gasteiger charge is 2.21. The zero-order valence-electron chi connectivity index (χ0n) is 18.5. The van der Waals surface area contributed by atoms with Crippen LogP contribution in [0.5, 0.6) is 5.75 Å². The van der Waals surface area contributed by atoms with E-state index >= 15 is 0 Å². The van der Waals surface area contributed by atoms with Gasteiger partial charge in [0.25, 0.3) is 11.8 Å². The highest BCUT2D eigenvalue weighted by molar-refractivity contribution is 6.03. The van der Waals surface area contributed by atoms with Crippen molar-refractivity contribution in [3.8, 4) is 5.75 Å². The van der Waals surface area contributed by atoms with Crippen LogP contribution in [0.2, 0.25) is 0 Å². The molecular formula is C27H25N3O3. The molecule has 0 bridgehead atoms. The fourth-order valence-electron chi connectivity index (χ4n) is 3.43. The van der Waals surface area contributed by atoms with Gasteiger partial charge in [0.15, 0.2) is 0 Å². The lowest BCUT2D eigenvalue weighted by molar-refractivity contribution is -0.118. The molecule has 2 aromatic carbocycles. The molecule has 0 aliphatic carbocycles. The molecule has 6 nitrogen and oxygen atoms in total. The van der Waals surface area contributed by atoms with Crippen molar-refractivity contribution in [3.05, 3.63) is 113 Å². The van der Waals surface area contributed by atoms with Crippen LogP contribution in [0.4, 0.5) is 0 Å². The maximum absolute atomic E-state index is 13.1. The monoisotopic (exact) mass is 439 g/mol. The van der Waals surface area contributed by atoms with E-state index in [1.54, 1.807) is 36.7 Å². The summed E-state index contributed by atoms with van der Waals surface area (Å²) in [6.45, 7) is 4.15. The number of pyridine rings is 1. The molecule has 2 heterocycles. The minimum atomic E-state index is -0.397. The number of carbonyl (C=O) groups excluding carboxylic acids is 2. The molecule has 2 N–H and O–H groups in total. The van der Waals surface area contributed by atoms with E-state index in [0.717, 1.165) is 28.0 Å². The second-order valence-corrected chi connectivity index (χ2v) is 7.86. The number of benzene rings is 2. The average Bonchev–Trinajstić information content (AvgIpc) is 2.83. The van der Waals surface area contributed by atoms with Gasteiger partial charge in [-0.15, -0.1) is 0 Å². The Morgan fingerprint density at radius 3 is 2.61 bits per heavy atom. The van der Waals surface area contributed by atoms with E-state index in [0.29, 0.717) is 12.1 Å². The van der Waals surface area contributed by atoms with Crippen LogP contribution in [0.15, 0.2) is 90.4 Å². The summed E-state index contributed by atoms with van der Waals surface area (Å²) in [5.74, 6) is 0.0304. The molecule has 33 heavy (non-hydrogen) atoms. The van der Waals surface area contributed by atoms with Gasteiger partial charge < -0.3 is 15.4 Å². The van der Waals surface area contributed by atoms with Gasteiger partial charge in [-0.2, -0.15) is 0 Å². The van der Waals surface area contributed by atoms with Crippen molar-refractivity contribution in [1.82, 2.24) is 15.6 Å². The van der Waals surface area contributed by atoms with E-state index in [-0.39, 0.29) is 17.7 Å². The maximum atomic E-state index is 13.1. The summed E-state index contributed by atoms with van der Waals surface area (Å²) in [6.07, 6.45) is 6.72. The van der Waals surface area contributed by atoms with Crippen LogP contribution >= 0.6 is 0 Å². The molecule has 0 saturated heterocycles.